The van der Waals surface area contributed by atoms with Crippen molar-refractivity contribution in [2.75, 3.05) is 11.4 Å². The molecule has 2 aromatic rings. The van der Waals surface area contributed by atoms with Crippen LogP contribution < -0.4 is 10.6 Å². The molecule has 3 rings (SSSR count). The summed E-state index contributed by atoms with van der Waals surface area (Å²) in [6, 6.07) is 9.64. The van der Waals surface area contributed by atoms with Crippen LogP contribution in [0.1, 0.15) is 24.8 Å². The van der Waals surface area contributed by atoms with E-state index in [9.17, 15) is 9.59 Å². The molecule has 0 aliphatic carbocycles. The van der Waals surface area contributed by atoms with E-state index in [4.69, 9.17) is 10.5 Å². The van der Waals surface area contributed by atoms with Gasteiger partial charge in [-0.2, -0.15) is 0 Å². The van der Waals surface area contributed by atoms with Crippen LogP contribution in [-0.2, 0) is 20.9 Å². The molecule has 0 bridgehead atoms. The number of anilines is 1. The zero-order valence-electron chi connectivity index (χ0n) is 13.0. The Morgan fingerprint density at radius 2 is 2.08 bits per heavy atom. The van der Waals surface area contributed by atoms with Gasteiger partial charge in [-0.15, -0.1) is 0 Å². The fourth-order valence-electron chi connectivity index (χ4n) is 2.73. The monoisotopic (exact) mass is 330 g/mol. The average Bonchev–Trinajstić information content (AvgIpc) is 2.98. The minimum Gasteiger partial charge on any atom is -0.437 e. The van der Waals surface area contributed by atoms with Gasteiger partial charge in [0.25, 0.3) is 18.3 Å². The van der Waals surface area contributed by atoms with Crippen molar-refractivity contribution in [2.45, 2.75) is 31.5 Å². The molecule has 1 saturated heterocycles. The molecule has 0 radical (unpaired) electrons. The molecule has 2 N–H and O–H groups in total. The molecule has 126 valence electrons. The van der Waals surface area contributed by atoms with Gasteiger partial charge in [0.2, 0.25) is 5.72 Å². The second-order valence-electron chi connectivity index (χ2n) is 5.64. The number of hydrogen-bond donors (Lipinski definition) is 1. The number of carbonyl (C=O) groups is 2. The molecule has 1 aliphatic heterocycles. The average molecular weight is 330 g/mol. The number of carbonyl (C=O) groups excluding carboxylic acids is 2. The Balaban J connectivity index is 1.89. The molecule has 0 saturated carbocycles. The number of rotatable bonds is 5. The second kappa shape index (κ2) is 6.75. The van der Waals surface area contributed by atoms with E-state index in [1.165, 1.54) is 9.58 Å². The molecule has 1 aliphatic rings. The van der Waals surface area contributed by atoms with Gasteiger partial charge in [-0.25, -0.2) is 4.68 Å². The lowest BCUT2D eigenvalue weighted by Gasteiger charge is -2.28. The number of tetrazole rings is 1. The quantitative estimate of drug-likeness (QED) is 0.609. The smallest absolute Gasteiger partial charge is 0.295 e. The molecule has 1 atom stereocenters. The van der Waals surface area contributed by atoms with Crippen molar-refractivity contribution in [3.8, 4) is 0 Å². The molecule has 2 heterocycles. The molecule has 9 nitrogen and oxygen atoms in total. The van der Waals surface area contributed by atoms with E-state index in [2.05, 4.69) is 15.5 Å². The minimum atomic E-state index is -1.68. The van der Waals surface area contributed by atoms with Gasteiger partial charge < -0.3 is 4.74 Å². The van der Waals surface area contributed by atoms with Crippen LogP contribution in [-0.4, -0.2) is 44.9 Å². The highest BCUT2D eigenvalue weighted by molar-refractivity contribution is 5.98. The third-order valence-electron chi connectivity index (χ3n) is 3.98. The van der Waals surface area contributed by atoms with Gasteiger partial charge in [-0.1, -0.05) is 35.4 Å². The summed E-state index contributed by atoms with van der Waals surface area (Å²) in [4.78, 5) is 24.9. The first-order valence-electron chi connectivity index (χ1n) is 7.66. The summed E-state index contributed by atoms with van der Waals surface area (Å²) in [6.07, 6.45) is 1.64. The molecule has 1 fully saturated rings. The first-order chi connectivity index (χ1) is 11.6. The summed E-state index contributed by atoms with van der Waals surface area (Å²) in [5.41, 5.74) is 5.31. The van der Waals surface area contributed by atoms with Crippen molar-refractivity contribution >= 4 is 18.3 Å². The number of aromatic nitrogens is 4. The molecule has 0 unspecified atom stereocenters. The highest BCUT2D eigenvalue weighted by Crippen LogP contribution is 2.24. The highest BCUT2D eigenvalue weighted by Gasteiger charge is 2.43. The molecule has 0 spiro atoms. The maximum Gasteiger partial charge on any atom is 0.295 e. The lowest BCUT2D eigenvalue weighted by molar-refractivity contribution is -0.156. The Morgan fingerprint density at radius 1 is 1.29 bits per heavy atom. The van der Waals surface area contributed by atoms with Crippen molar-refractivity contribution in [1.29, 1.82) is 0 Å². The minimum absolute atomic E-state index is 0.203. The van der Waals surface area contributed by atoms with Gasteiger partial charge in [0, 0.05) is 13.0 Å². The van der Waals surface area contributed by atoms with E-state index in [0.29, 0.717) is 25.9 Å². The number of nitrogens with two attached hydrogens (primary N) is 1. The summed E-state index contributed by atoms with van der Waals surface area (Å²) < 4.78 is 6.40. The van der Waals surface area contributed by atoms with Crippen LogP contribution in [0.2, 0.25) is 0 Å². The normalized spacial score (nSPS) is 21.4. The van der Waals surface area contributed by atoms with Crippen LogP contribution in [0.3, 0.4) is 0 Å². The first kappa shape index (κ1) is 16.1. The van der Waals surface area contributed by atoms with E-state index in [1.54, 1.807) is 0 Å². The Hall–Kier alpha value is -2.81. The number of benzene rings is 1. The van der Waals surface area contributed by atoms with Crippen molar-refractivity contribution in [1.82, 2.24) is 20.2 Å². The maximum absolute atomic E-state index is 12.8. The van der Waals surface area contributed by atoms with E-state index in [0.717, 1.165) is 5.56 Å². The zero-order chi connectivity index (χ0) is 17.0. The summed E-state index contributed by atoms with van der Waals surface area (Å²) in [6.45, 7) is 1.03. The number of amides is 1. The summed E-state index contributed by atoms with van der Waals surface area (Å²) in [5, 5.41) is 11.6. The summed E-state index contributed by atoms with van der Waals surface area (Å²) in [7, 11) is 0. The first-order valence-corrected chi connectivity index (χ1v) is 7.66. The fraction of sp³-hybridized carbons (Fsp3) is 0.400. The number of nitrogens with zero attached hydrogens (tertiary/aromatic N) is 5. The highest BCUT2D eigenvalue weighted by atomic mass is 16.6. The maximum atomic E-state index is 12.8. The van der Waals surface area contributed by atoms with E-state index < -0.39 is 11.6 Å². The van der Waals surface area contributed by atoms with Crippen LogP contribution in [0.4, 0.5) is 5.95 Å². The zero-order valence-corrected chi connectivity index (χ0v) is 13.0. The molecular weight excluding hydrogens is 312 g/mol. The van der Waals surface area contributed by atoms with Gasteiger partial charge in [-0.05, 0) is 28.8 Å². The van der Waals surface area contributed by atoms with Crippen LogP contribution in [0, 0.1) is 0 Å². The van der Waals surface area contributed by atoms with Crippen LogP contribution in [0.5, 0.6) is 0 Å². The Bertz CT molecular complexity index is 719. The van der Waals surface area contributed by atoms with Crippen LogP contribution in [0.25, 0.3) is 0 Å². The topological polar surface area (TPSA) is 116 Å². The van der Waals surface area contributed by atoms with Crippen molar-refractivity contribution in [3.05, 3.63) is 35.9 Å². The molecule has 1 amide bonds. The van der Waals surface area contributed by atoms with Gasteiger partial charge in [-0.3, -0.25) is 20.2 Å². The van der Waals surface area contributed by atoms with Crippen LogP contribution >= 0.6 is 0 Å². The lowest BCUT2D eigenvalue weighted by atomic mass is 10.1. The van der Waals surface area contributed by atoms with Crippen molar-refractivity contribution < 1.29 is 14.3 Å². The number of hydrogen-bond acceptors (Lipinski definition) is 7. The Morgan fingerprint density at radius 3 is 2.83 bits per heavy atom. The molecule has 1 aromatic heterocycles. The SMILES string of the molecule is N[C@]1(OC=O)CCCCN(c2nnnn2Cc2ccccc2)C1=O. The van der Waals surface area contributed by atoms with Gasteiger partial charge in [0.05, 0.1) is 6.54 Å². The van der Waals surface area contributed by atoms with Gasteiger partial charge in [0.1, 0.15) is 0 Å². The van der Waals surface area contributed by atoms with Gasteiger partial charge >= 0.3 is 0 Å². The Labute approximate surface area is 138 Å². The van der Waals surface area contributed by atoms with Crippen LogP contribution in [0.15, 0.2) is 30.3 Å². The molecule has 1 aromatic carbocycles. The summed E-state index contributed by atoms with van der Waals surface area (Å²) in [5.74, 6) is -0.230. The fourth-order valence-corrected chi connectivity index (χ4v) is 2.73. The van der Waals surface area contributed by atoms with Gasteiger partial charge in [0.15, 0.2) is 0 Å². The predicted molar refractivity (Wildman–Crippen MR) is 83.6 cm³/mol. The molecular formula is C15H18N6O3. The largest absolute Gasteiger partial charge is 0.437 e. The lowest BCUT2D eigenvalue weighted by Crippen LogP contribution is -2.56. The molecule has 9 heteroatoms. The second-order valence-corrected chi connectivity index (χ2v) is 5.64. The van der Waals surface area contributed by atoms with E-state index in [-0.39, 0.29) is 18.8 Å². The third-order valence-corrected chi connectivity index (χ3v) is 3.98. The summed E-state index contributed by atoms with van der Waals surface area (Å²) >= 11 is 0. The van der Waals surface area contributed by atoms with Crippen molar-refractivity contribution in [3.63, 3.8) is 0 Å². The standard InChI is InChI=1S/C15H18N6O3/c16-15(24-11-22)8-4-5-9-20(13(15)23)14-17-18-19-21(14)10-12-6-2-1-3-7-12/h1-3,6-7,11H,4-5,8-10,16H2/t15-/m0/s1. The van der Waals surface area contributed by atoms with E-state index >= 15 is 0 Å². The Kier molecular flexibility index (Phi) is 4.52. The number of ether oxygens (including phenoxy) is 1. The molecule has 24 heavy (non-hydrogen) atoms. The predicted octanol–water partition coefficient (Wildman–Crippen LogP) is 0.0663. The van der Waals surface area contributed by atoms with Crippen molar-refractivity contribution in [2.24, 2.45) is 5.73 Å². The van der Waals surface area contributed by atoms with E-state index in [1.807, 2.05) is 30.3 Å². The third kappa shape index (κ3) is 3.11.